The molecule has 2 rings (SSSR count). The van der Waals surface area contributed by atoms with Gasteiger partial charge in [-0.25, -0.2) is 4.39 Å². The van der Waals surface area contributed by atoms with Crippen molar-refractivity contribution in [1.82, 2.24) is 15.5 Å². The molecule has 116 valence electrons. The van der Waals surface area contributed by atoms with Crippen molar-refractivity contribution in [2.24, 2.45) is 4.99 Å². The van der Waals surface area contributed by atoms with Gasteiger partial charge in [0.05, 0.1) is 0 Å². The van der Waals surface area contributed by atoms with Crippen molar-refractivity contribution >= 4 is 5.96 Å². The van der Waals surface area contributed by atoms with Crippen LogP contribution in [0.25, 0.3) is 0 Å². The molecule has 4 nitrogen and oxygen atoms in total. The van der Waals surface area contributed by atoms with Crippen LogP contribution >= 0.6 is 0 Å². The molecule has 1 unspecified atom stereocenters. The summed E-state index contributed by atoms with van der Waals surface area (Å²) in [5.41, 5.74) is 1.03. The van der Waals surface area contributed by atoms with Crippen LogP contribution in [0.15, 0.2) is 29.3 Å². The van der Waals surface area contributed by atoms with Crippen LogP contribution in [0, 0.1) is 5.82 Å². The highest BCUT2D eigenvalue weighted by molar-refractivity contribution is 5.79. The first-order chi connectivity index (χ1) is 10.1. The monoisotopic (exact) mass is 292 g/mol. The molecule has 5 heteroatoms. The number of benzene rings is 1. The predicted octanol–water partition coefficient (Wildman–Crippen LogP) is 1.97. The van der Waals surface area contributed by atoms with Crippen LogP contribution in [-0.4, -0.2) is 43.6 Å². The van der Waals surface area contributed by atoms with Crippen LogP contribution in [0.1, 0.15) is 25.3 Å². The summed E-state index contributed by atoms with van der Waals surface area (Å²) in [5.74, 6) is 0.563. The van der Waals surface area contributed by atoms with E-state index in [0.717, 1.165) is 24.1 Å². The Labute approximate surface area is 126 Å². The lowest BCUT2D eigenvalue weighted by molar-refractivity contribution is 0.247. The highest BCUT2D eigenvalue weighted by atomic mass is 19.1. The molecule has 0 aliphatic heterocycles. The van der Waals surface area contributed by atoms with Crippen molar-refractivity contribution in [3.05, 3.63) is 35.6 Å². The van der Waals surface area contributed by atoms with Crippen LogP contribution in [-0.2, 0) is 6.54 Å². The SMILES string of the molecule is CN=C(NCc1ccc(F)cc1)NCC(C)N(C)C1CC1. The van der Waals surface area contributed by atoms with Crippen molar-refractivity contribution in [2.75, 3.05) is 20.6 Å². The van der Waals surface area contributed by atoms with E-state index in [0.29, 0.717) is 12.6 Å². The van der Waals surface area contributed by atoms with E-state index in [1.807, 2.05) is 0 Å². The molecule has 1 aliphatic carbocycles. The molecule has 0 bridgehead atoms. The van der Waals surface area contributed by atoms with Crippen molar-refractivity contribution in [2.45, 2.75) is 38.4 Å². The maximum absolute atomic E-state index is 12.8. The molecule has 1 saturated carbocycles. The first-order valence-electron chi connectivity index (χ1n) is 7.51. The van der Waals surface area contributed by atoms with Crippen LogP contribution in [0.5, 0.6) is 0 Å². The molecular weight excluding hydrogens is 267 g/mol. The highest BCUT2D eigenvalue weighted by Crippen LogP contribution is 2.26. The molecule has 0 saturated heterocycles. The van der Waals surface area contributed by atoms with Crippen LogP contribution in [0.3, 0.4) is 0 Å². The van der Waals surface area contributed by atoms with Crippen LogP contribution < -0.4 is 10.6 Å². The fraction of sp³-hybridized carbons (Fsp3) is 0.562. The molecule has 21 heavy (non-hydrogen) atoms. The lowest BCUT2D eigenvalue weighted by Crippen LogP contribution is -2.45. The Balaban J connectivity index is 1.74. The average molecular weight is 292 g/mol. The van der Waals surface area contributed by atoms with Crippen LogP contribution in [0.4, 0.5) is 4.39 Å². The van der Waals surface area contributed by atoms with E-state index in [2.05, 4.69) is 34.5 Å². The standard InChI is InChI=1S/C16H25FN4/c1-12(21(3)15-8-9-15)10-19-16(18-2)20-11-13-4-6-14(17)7-5-13/h4-7,12,15H,8-11H2,1-3H3,(H2,18,19,20). The molecule has 0 heterocycles. The molecule has 1 aliphatic rings. The van der Waals surface area contributed by atoms with Gasteiger partial charge < -0.3 is 10.6 Å². The van der Waals surface area contributed by atoms with Gasteiger partial charge in [-0.1, -0.05) is 12.1 Å². The minimum atomic E-state index is -0.210. The van der Waals surface area contributed by atoms with Crippen molar-refractivity contribution in [1.29, 1.82) is 0 Å². The zero-order valence-corrected chi connectivity index (χ0v) is 13.1. The Morgan fingerprint density at radius 3 is 2.57 bits per heavy atom. The molecular formula is C16H25FN4. The molecule has 1 fully saturated rings. The van der Waals surface area contributed by atoms with Crippen LogP contribution in [0.2, 0.25) is 0 Å². The minimum Gasteiger partial charge on any atom is -0.355 e. The van der Waals surface area contributed by atoms with Crippen molar-refractivity contribution < 1.29 is 4.39 Å². The Hall–Kier alpha value is -1.62. The van der Waals surface area contributed by atoms with Gasteiger partial charge in [-0.15, -0.1) is 0 Å². The summed E-state index contributed by atoms with van der Waals surface area (Å²) in [6.45, 7) is 3.71. The van der Waals surface area contributed by atoms with Gasteiger partial charge in [-0.05, 0) is 44.5 Å². The van der Waals surface area contributed by atoms with E-state index in [1.165, 1.54) is 25.0 Å². The maximum atomic E-state index is 12.8. The fourth-order valence-electron chi connectivity index (χ4n) is 2.24. The van der Waals surface area contributed by atoms with Gasteiger partial charge in [-0.3, -0.25) is 9.89 Å². The zero-order chi connectivity index (χ0) is 15.2. The number of likely N-dealkylation sites (N-methyl/N-ethyl adjacent to an activating group) is 1. The van der Waals surface area contributed by atoms with Gasteiger partial charge in [0, 0.05) is 32.2 Å². The van der Waals surface area contributed by atoms with E-state index in [-0.39, 0.29) is 5.82 Å². The normalized spacial score (nSPS) is 16.9. The smallest absolute Gasteiger partial charge is 0.191 e. The number of hydrogen-bond donors (Lipinski definition) is 2. The Kier molecular flexibility index (Phi) is 5.56. The third-order valence-electron chi connectivity index (χ3n) is 3.98. The van der Waals surface area contributed by atoms with Gasteiger partial charge in [0.25, 0.3) is 0 Å². The Morgan fingerprint density at radius 1 is 1.33 bits per heavy atom. The molecule has 0 amide bonds. The summed E-state index contributed by atoms with van der Waals surface area (Å²) in [6, 6.07) is 7.73. The minimum absolute atomic E-state index is 0.210. The summed E-state index contributed by atoms with van der Waals surface area (Å²) < 4.78 is 12.8. The number of aliphatic imine (C=N–C) groups is 1. The number of hydrogen-bond acceptors (Lipinski definition) is 2. The summed E-state index contributed by atoms with van der Waals surface area (Å²) in [6.07, 6.45) is 2.64. The fourth-order valence-corrected chi connectivity index (χ4v) is 2.24. The van der Waals surface area contributed by atoms with Gasteiger partial charge >= 0.3 is 0 Å². The van der Waals surface area contributed by atoms with Gasteiger partial charge in [0.2, 0.25) is 0 Å². The molecule has 0 radical (unpaired) electrons. The zero-order valence-electron chi connectivity index (χ0n) is 13.1. The van der Waals surface area contributed by atoms with Crippen molar-refractivity contribution in [3.63, 3.8) is 0 Å². The predicted molar refractivity (Wildman–Crippen MR) is 84.8 cm³/mol. The number of guanidine groups is 1. The first-order valence-corrected chi connectivity index (χ1v) is 7.51. The number of rotatable bonds is 6. The second kappa shape index (κ2) is 7.41. The molecule has 1 aromatic carbocycles. The molecule has 2 N–H and O–H groups in total. The number of halogens is 1. The average Bonchev–Trinajstić information content (AvgIpc) is 3.32. The summed E-state index contributed by atoms with van der Waals surface area (Å²) in [4.78, 5) is 6.63. The quantitative estimate of drug-likeness (QED) is 0.622. The second-order valence-electron chi connectivity index (χ2n) is 5.68. The van der Waals surface area contributed by atoms with E-state index < -0.39 is 0 Å². The summed E-state index contributed by atoms with van der Waals surface area (Å²) in [5, 5.41) is 6.58. The third kappa shape index (κ3) is 5.01. The van der Waals surface area contributed by atoms with Gasteiger partial charge in [0.1, 0.15) is 5.82 Å². The van der Waals surface area contributed by atoms with Gasteiger partial charge in [0.15, 0.2) is 5.96 Å². The summed E-state index contributed by atoms with van der Waals surface area (Å²) >= 11 is 0. The van der Waals surface area contributed by atoms with E-state index in [4.69, 9.17) is 0 Å². The second-order valence-corrected chi connectivity index (χ2v) is 5.68. The number of nitrogens with one attached hydrogen (secondary N) is 2. The largest absolute Gasteiger partial charge is 0.355 e. The molecule has 1 atom stereocenters. The molecule has 1 aromatic rings. The number of nitrogens with zero attached hydrogens (tertiary/aromatic N) is 2. The van der Waals surface area contributed by atoms with Crippen molar-refractivity contribution in [3.8, 4) is 0 Å². The lowest BCUT2D eigenvalue weighted by Gasteiger charge is -2.25. The maximum Gasteiger partial charge on any atom is 0.191 e. The molecule has 0 aromatic heterocycles. The highest BCUT2D eigenvalue weighted by Gasteiger charge is 2.28. The van der Waals surface area contributed by atoms with E-state index >= 15 is 0 Å². The Morgan fingerprint density at radius 2 is 2.00 bits per heavy atom. The first kappa shape index (κ1) is 15.8. The molecule has 0 spiro atoms. The van der Waals surface area contributed by atoms with E-state index in [1.54, 1.807) is 19.2 Å². The third-order valence-corrected chi connectivity index (χ3v) is 3.98. The van der Waals surface area contributed by atoms with Gasteiger partial charge in [-0.2, -0.15) is 0 Å². The van der Waals surface area contributed by atoms with E-state index in [9.17, 15) is 4.39 Å². The lowest BCUT2D eigenvalue weighted by atomic mass is 10.2. The summed E-state index contributed by atoms with van der Waals surface area (Å²) in [7, 11) is 3.94. The topological polar surface area (TPSA) is 39.7 Å². The Bertz CT molecular complexity index is 468.